The third-order valence-electron chi connectivity index (χ3n) is 4.32. The van der Waals surface area contributed by atoms with Crippen LogP contribution in [0.25, 0.3) is 11.3 Å². The summed E-state index contributed by atoms with van der Waals surface area (Å²) in [4.78, 5) is 27.6. The van der Waals surface area contributed by atoms with E-state index in [0.29, 0.717) is 31.9 Å². The Balaban J connectivity index is 1.63. The second kappa shape index (κ2) is 7.88. The average molecular weight is 338 g/mol. The van der Waals surface area contributed by atoms with E-state index in [4.69, 9.17) is 0 Å². The maximum atomic E-state index is 12.3. The van der Waals surface area contributed by atoms with Crippen LogP contribution in [0.2, 0.25) is 0 Å². The molecule has 2 aromatic rings. The molecule has 0 N–H and O–H groups in total. The Morgan fingerprint density at radius 1 is 0.920 bits per heavy atom. The highest BCUT2D eigenvalue weighted by Gasteiger charge is 2.32. The van der Waals surface area contributed by atoms with Crippen LogP contribution >= 0.6 is 0 Å². The first kappa shape index (κ1) is 17.1. The average Bonchev–Trinajstić information content (AvgIpc) is 2.66. The van der Waals surface area contributed by atoms with Crippen molar-refractivity contribution in [2.24, 2.45) is 0 Å². The molecular weight excluding hydrogens is 316 g/mol. The summed E-state index contributed by atoms with van der Waals surface area (Å²) in [5.41, 5.74) is 2.47. The van der Waals surface area contributed by atoms with Gasteiger partial charge in [-0.2, -0.15) is 10.2 Å². The van der Waals surface area contributed by atoms with Gasteiger partial charge in [-0.1, -0.05) is 43.7 Å². The van der Waals surface area contributed by atoms with Crippen LogP contribution in [0.3, 0.4) is 0 Å². The van der Waals surface area contributed by atoms with Crippen molar-refractivity contribution in [1.82, 2.24) is 20.0 Å². The van der Waals surface area contributed by atoms with Crippen LogP contribution in [0, 0.1) is 0 Å². The number of benzene rings is 1. The highest BCUT2D eigenvalue weighted by atomic mass is 16.2. The van der Waals surface area contributed by atoms with Crippen molar-refractivity contribution < 1.29 is 9.59 Å². The van der Waals surface area contributed by atoms with Gasteiger partial charge < -0.3 is 9.80 Å². The molecule has 1 aromatic heterocycles. The fourth-order valence-corrected chi connectivity index (χ4v) is 2.83. The molecule has 1 aliphatic heterocycles. The van der Waals surface area contributed by atoms with Gasteiger partial charge in [-0.25, -0.2) is 0 Å². The summed E-state index contributed by atoms with van der Waals surface area (Å²) < 4.78 is 0. The first-order chi connectivity index (χ1) is 12.2. The lowest BCUT2D eigenvalue weighted by Gasteiger charge is -2.33. The molecule has 0 bridgehead atoms. The first-order valence-electron chi connectivity index (χ1n) is 8.65. The Morgan fingerprint density at radius 2 is 1.64 bits per heavy atom. The van der Waals surface area contributed by atoms with Gasteiger partial charge in [-0.3, -0.25) is 9.59 Å². The Labute approximate surface area is 147 Å². The van der Waals surface area contributed by atoms with Gasteiger partial charge in [0, 0.05) is 25.2 Å². The van der Waals surface area contributed by atoms with Crippen LogP contribution in [-0.4, -0.2) is 51.4 Å². The molecule has 6 nitrogen and oxygen atoms in total. The monoisotopic (exact) mass is 338 g/mol. The number of carbonyl (C=O) groups is 2. The van der Waals surface area contributed by atoms with Crippen molar-refractivity contribution >= 4 is 11.8 Å². The smallest absolute Gasteiger partial charge is 0.312 e. The predicted molar refractivity (Wildman–Crippen MR) is 94.4 cm³/mol. The van der Waals surface area contributed by atoms with Crippen molar-refractivity contribution in [3.8, 4) is 11.3 Å². The summed E-state index contributed by atoms with van der Waals surface area (Å²) in [6, 6.07) is 13.6. The SMILES string of the molecule is CCCCN1CCN(Cc2ccc(-c3ccccc3)nn2)C(=O)C1=O. The van der Waals surface area contributed by atoms with E-state index < -0.39 is 11.8 Å². The zero-order valence-corrected chi connectivity index (χ0v) is 14.4. The molecule has 1 aliphatic rings. The molecular formula is C19H22N4O2. The summed E-state index contributed by atoms with van der Waals surface area (Å²) in [5.74, 6) is -0.857. The van der Waals surface area contributed by atoms with Crippen LogP contribution in [0.15, 0.2) is 42.5 Å². The van der Waals surface area contributed by atoms with Gasteiger partial charge in [0.05, 0.1) is 17.9 Å². The van der Waals surface area contributed by atoms with Crippen LogP contribution < -0.4 is 0 Å². The Bertz CT molecular complexity index is 731. The van der Waals surface area contributed by atoms with Gasteiger partial charge in [0.2, 0.25) is 0 Å². The van der Waals surface area contributed by atoms with Crippen LogP contribution in [0.4, 0.5) is 0 Å². The molecule has 130 valence electrons. The van der Waals surface area contributed by atoms with Gasteiger partial charge in [0.1, 0.15) is 0 Å². The van der Waals surface area contributed by atoms with Crippen molar-refractivity contribution in [2.45, 2.75) is 26.3 Å². The number of hydrogen-bond acceptors (Lipinski definition) is 4. The van der Waals surface area contributed by atoms with E-state index in [2.05, 4.69) is 17.1 Å². The van der Waals surface area contributed by atoms with Crippen LogP contribution in [0.1, 0.15) is 25.5 Å². The van der Waals surface area contributed by atoms with Gasteiger partial charge in [-0.05, 0) is 18.6 Å². The summed E-state index contributed by atoms with van der Waals surface area (Å²) in [5, 5.41) is 8.44. The van der Waals surface area contributed by atoms with Gasteiger partial charge in [0.25, 0.3) is 0 Å². The number of carbonyl (C=O) groups excluding carboxylic acids is 2. The van der Waals surface area contributed by atoms with E-state index in [1.807, 2.05) is 42.5 Å². The fraction of sp³-hybridized carbons (Fsp3) is 0.368. The van der Waals surface area contributed by atoms with Gasteiger partial charge >= 0.3 is 11.8 Å². The highest BCUT2D eigenvalue weighted by Crippen LogP contribution is 2.16. The molecule has 0 saturated carbocycles. The van der Waals surface area contributed by atoms with Crippen molar-refractivity contribution in [3.05, 3.63) is 48.2 Å². The van der Waals surface area contributed by atoms with Crippen LogP contribution in [0.5, 0.6) is 0 Å². The lowest BCUT2D eigenvalue weighted by molar-refractivity contribution is -0.156. The normalized spacial score (nSPS) is 14.9. The molecule has 3 rings (SSSR count). The Morgan fingerprint density at radius 3 is 2.32 bits per heavy atom. The molecule has 0 radical (unpaired) electrons. The number of piperazine rings is 1. The molecule has 1 saturated heterocycles. The lowest BCUT2D eigenvalue weighted by Crippen LogP contribution is -2.54. The van der Waals surface area contributed by atoms with E-state index in [0.717, 1.165) is 24.1 Å². The summed E-state index contributed by atoms with van der Waals surface area (Å²) in [6.45, 7) is 4.16. The zero-order chi connectivity index (χ0) is 17.6. The molecule has 25 heavy (non-hydrogen) atoms. The van der Waals surface area contributed by atoms with E-state index in [-0.39, 0.29) is 0 Å². The number of nitrogens with zero attached hydrogens (tertiary/aromatic N) is 4. The third-order valence-corrected chi connectivity index (χ3v) is 4.32. The summed E-state index contributed by atoms with van der Waals surface area (Å²) >= 11 is 0. The van der Waals surface area contributed by atoms with E-state index in [9.17, 15) is 9.59 Å². The molecule has 1 aromatic carbocycles. The maximum absolute atomic E-state index is 12.3. The number of unbranched alkanes of at least 4 members (excludes halogenated alkanes) is 1. The lowest BCUT2D eigenvalue weighted by atomic mass is 10.1. The molecule has 0 aliphatic carbocycles. The standard InChI is InChI=1S/C19H22N4O2/c1-2-3-11-22-12-13-23(19(25)18(22)24)14-16-9-10-17(21-20-16)15-7-5-4-6-8-15/h4-10H,2-3,11-14H2,1H3. The first-order valence-corrected chi connectivity index (χ1v) is 8.65. The topological polar surface area (TPSA) is 66.4 Å². The molecule has 2 amide bonds. The van der Waals surface area contributed by atoms with Crippen molar-refractivity contribution in [2.75, 3.05) is 19.6 Å². The quantitative estimate of drug-likeness (QED) is 0.757. The molecule has 6 heteroatoms. The van der Waals surface area contributed by atoms with E-state index in [1.54, 1.807) is 9.80 Å². The zero-order valence-electron chi connectivity index (χ0n) is 14.4. The number of hydrogen-bond donors (Lipinski definition) is 0. The van der Waals surface area contributed by atoms with Gasteiger partial charge in [-0.15, -0.1) is 0 Å². The molecule has 0 atom stereocenters. The highest BCUT2D eigenvalue weighted by molar-refractivity contribution is 6.35. The van der Waals surface area contributed by atoms with Crippen molar-refractivity contribution in [3.63, 3.8) is 0 Å². The molecule has 1 fully saturated rings. The van der Waals surface area contributed by atoms with Crippen LogP contribution in [-0.2, 0) is 16.1 Å². The fourth-order valence-electron chi connectivity index (χ4n) is 2.83. The second-order valence-corrected chi connectivity index (χ2v) is 6.15. The molecule has 0 unspecified atom stereocenters. The van der Waals surface area contributed by atoms with Crippen molar-refractivity contribution in [1.29, 1.82) is 0 Å². The number of amides is 2. The minimum absolute atomic E-state index is 0.314. The number of rotatable bonds is 6. The second-order valence-electron chi connectivity index (χ2n) is 6.15. The largest absolute Gasteiger partial charge is 0.333 e. The molecule has 0 spiro atoms. The third kappa shape index (κ3) is 4.02. The van der Waals surface area contributed by atoms with E-state index >= 15 is 0 Å². The van der Waals surface area contributed by atoms with Gasteiger partial charge in [0.15, 0.2) is 0 Å². The minimum Gasteiger partial charge on any atom is -0.333 e. The maximum Gasteiger partial charge on any atom is 0.312 e. The van der Waals surface area contributed by atoms with E-state index in [1.165, 1.54) is 0 Å². The molecule has 2 heterocycles. The summed E-state index contributed by atoms with van der Waals surface area (Å²) in [6.07, 6.45) is 1.93. The number of aromatic nitrogens is 2. The summed E-state index contributed by atoms with van der Waals surface area (Å²) in [7, 11) is 0. The predicted octanol–water partition coefficient (Wildman–Crippen LogP) is 2.11. The minimum atomic E-state index is -0.448. The Kier molecular flexibility index (Phi) is 5.38. The Hall–Kier alpha value is -2.76.